The highest BCUT2D eigenvalue weighted by Crippen LogP contribution is 2.42. The molecule has 0 aromatic rings. The van der Waals surface area contributed by atoms with E-state index in [0.29, 0.717) is 12.6 Å². The van der Waals surface area contributed by atoms with Crippen molar-refractivity contribution in [3.8, 4) is 0 Å². The zero-order valence-electron chi connectivity index (χ0n) is 23.2. The van der Waals surface area contributed by atoms with Crippen LogP contribution in [0.2, 0.25) is 0 Å². The van der Waals surface area contributed by atoms with Crippen LogP contribution in [0.15, 0.2) is 91.9 Å². The van der Waals surface area contributed by atoms with Gasteiger partial charge in [-0.1, -0.05) is 36.5 Å². The van der Waals surface area contributed by atoms with Gasteiger partial charge < -0.3 is 20.4 Å². The van der Waals surface area contributed by atoms with Gasteiger partial charge in [0.25, 0.3) is 20.2 Å². The third kappa shape index (κ3) is 6.48. The smallest absolute Gasteiger partial charge is 0.294 e. The second-order valence-corrected chi connectivity index (χ2v) is 14.6. The Labute approximate surface area is 254 Å². The Hall–Kier alpha value is -3.08. The highest BCUT2D eigenvalue weighted by Gasteiger charge is 2.39. The predicted octanol–water partition coefficient (Wildman–Crippen LogP) is 1.02. The quantitative estimate of drug-likeness (QED) is 0.186. The second-order valence-electron chi connectivity index (χ2n) is 11.8. The van der Waals surface area contributed by atoms with Crippen molar-refractivity contribution < 1.29 is 56.0 Å². The summed E-state index contributed by atoms with van der Waals surface area (Å²) in [5.41, 5.74) is 1.02. The van der Waals surface area contributed by atoms with Crippen LogP contribution in [0, 0.1) is 23.7 Å². The molecule has 6 N–H and O–H groups in total. The molecule has 0 radical (unpaired) electrons. The summed E-state index contributed by atoms with van der Waals surface area (Å²) in [5, 5.41) is 45.5. The monoisotopic (exact) mass is 648 g/mol. The normalized spacial score (nSPS) is 34.5. The standard InChI is InChI=1S/C30H32O12S2/c31-13-15-1-17-5-21-9-25(43(37,38)39)11-23(29(21)35)7-19-3-16(14-32)4-20(28(19)34)8-24-12-26(44(40,41)42)10-22(30(24)36)6-18(2-15)27(17)33/h1-4,9-14,17,20,22-23,27-30,33-36H,5-8H2,(H,37,38,39)(H,40,41,42). The first-order valence-corrected chi connectivity index (χ1v) is 16.7. The second kappa shape index (κ2) is 12.0. The van der Waals surface area contributed by atoms with E-state index >= 15 is 0 Å². The van der Waals surface area contributed by atoms with E-state index in [1.165, 1.54) is 24.3 Å². The number of aldehydes is 2. The van der Waals surface area contributed by atoms with Crippen molar-refractivity contribution in [2.24, 2.45) is 23.7 Å². The van der Waals surface area contributed by atoms with E-state index in [-0.39, 0.29) is 59.1 Å². The summed E-state index contributed by atoms with van der Waals surface area (Å²) < 4.78 is 68.6. The van der Waals surface area contributed by atoms with Crippen molar-refractivity contribution in [3.63, 3.8) is 0 Å². The minimum Gasteiger partial charge on any atom is -0.388 e. The highest BCUT2D eigenvalue weighted by molar-refractivity contribution is 7.90. The number of fused-ring (bicyclic) bond motifs is 8. The average molecular weight is 649 g/mol. The first-order valence-electron chi connectivity index (χ1n) is 13.9. The SMILES string of the molecule is O=CC1=CC2CC3=CC(S(=O)(=O)O)=CC(CC4=CC(C=O)=CC(CC5=CC(S(=O)(=O)O)=CC(CC(=C1)C2O)C5O)C4O)C3O. The number of carbonyl (C=O) groups excluding carboxylic acids is 2. The molecule has 0 aromatic carbocycles. The molecule has 1 saturated carbocycles. The molecule has 0 aromatic heterocycles. The molecule has 1 fully saturated rings. The van der Waals surface area contributed by atoms with Gasteiger partial charge in [0.2, 0.25) is 0 Å². The van der Waals surface area contributed by atoms with Crippen LogP contribution in [-0.2, 0) is 29.8 Å². The molecular formula is C30H32O12S2. The molecule has 5 aliphatic carbocycles. The zero-order chi connectivity index (χ0) is 32.1. The van der Waals surface area contributed by atoms with E-state index < -0.39 is 78.1 Å². The Balaban J connectivity index is 1.68. The molecule has 5 rings (SSSR count). The number of carbonyl (C=O) groups is 2. The molecule has 12 nitrogen and oxygen atoms in total. The molecule has 236 valence electrons. The molecule has 0 spiro atoms. The summed E-state index contributed by atoms with van der Waals surface area (Å²) in [6, 6.07) is 0. The molecule has 0 saturated heterocycles. The Morgan fingerprint density at radius 1 is 0.500 bits per heavy atom. The van der Waals surface area contributed by atoms with E-state index in [2.05, 4.69) is 0 Å². The van der Waals surface area contributed by atoms with E-state index in [1.807, 2.05) is 0 Å². The summed E-state index contributed by atoms with van der Waals surface area (Å²) in [4.78, 5) is 22.7. The van der Waals surface area contributed by atoms with Crippen LogP contribution in [0.1, 0.15) is 25.7 Å². The first kappa shape index (κ1) is 32.3. The van der Waals surface area contributed by atoms with Crippen LogP contribution >= 0.6 is 0 Å². The van der Waals surface area contributed by atoms with Crippen molar-refractivity contribution in [2.75, 3.05) is 0 Å². The summed E-state index contributed by atoms with van der Waals surface area (Å²) >= 11 is 0. The third-order valence-electron chi connectivity index (χ3n) is 8.82. The molecule has 44 heavy (non-hydrogen) atoms. The molecule has 8 atom stereocenters. The van der Waals surface area contributed by atoms with Crippen molar-refractivity contribution in [1.82, 2.24) is 0 Å². The lowest BCUT2D eigenvalue weighted by Gasteiger charge is -2.37. The fourth-order valence-corrected chi connectivity index (χ4v) is 7.96. The van der Waals surface area contributed by atoms with Gasteiger partial charge in [-0.2, -0.15) is 16.8 Å². The van der Waals surface area contributed by atoms with Crippen LogP contribution in [0.4, 0.5) is 0 Å². The Morgan fingerprint density at radius 2 is 0.773 bits per heavy atom. The lowest BCUT2D eigenvalue weighted by molar-refractivity contribution is -0.105. The number of hydrogen-bond donors (Lipinski definition) is 6. The molecule has 0 heterocycles. The third-order valence-corrected chi connectivity index (χ3v) is 10.5. The maximum absolute atomic E-state index is 12.2. The van der Waals surface area contributed by atoms with Crippen LogP contribution in [-0.4, -0.2) is 83.4 Å². The topological polar surface area (TPSA) is 224 Å². The van der Waals surface area contributed by atoms with Gasteiger partial charge in [0.15, 0.2) is 0 Å². The molecule has 0 aliphatic heterocycles. The highest BCUT2D eigenvalue weighted by atomic mass is 32.2. The summed E-state index contributed by atoms with van der Waals surface area (Å²) in [5.74, 6) is -3.76. The zero-order valence-corrected chi connectivity index (χ0v) is 24.8. The predicted molar refractivity (Wildman–Crippen MR) is 156 cm³/mol. The molecule has 8 bridgehead atoms. The number of aliphatic hydroxyl groups is 4. The number of aliphatic hydroxyl groups excluding tert-OH is 4. The molecule has 14 heteroatoms. The van der Waals surface area contributed by atoms with Crippen LogP contribution in [0.3, 0.4) is 0 Å². The van der Waals surface area contributed by atoms with Crippen LogP contribution in [0.25, 0.3) is 0 Å². The van der Waals surface area contributed by atoms with Gasteiger partial charge in [-0.3, -0.25) is 18.7 Å². The maximum Gasteiger partial charge on any atom is 0.294 e. The number of hydrogen-bond acceptors (Lipinski definition) is 10. The number of rotatable bonds is 4. The van der Waals surface area contributed by atoms with E-state index in [1.54, 1.807) is 0 Å². The van der Waals surface area contributed by atoms with Gasteiger partial charge in [0.1, 0.15) is 12.6 Å². The van der Waals surface area contributed by atoms with E-state index in [4.69, 9.17) is 0 Å². The Bertz CT molecular complexity index is 1610. The summed E-state index contributed by atoms with van der Waals surface area (Å²) in [6.07, 6.45) is 5.31. The lowest BCUT2D eigenvalue weighted by atomic mass is 9.72. The van der Waals surface area contributed by atoms with Gasteiger partial charge in [-0.05, 0) is 60.1 Å². The van der Waals surface area contributed by atoms with E-state index in [9.17, 15) is 56.0 Å². The maximum atomic E-state index is 12.2. The largest absolute Gasteiger partial charge is 0.388 e. The van der Waals surface area contributed by atoms with Gasteiger partial charge in [-0.25, -0.2) is 0 Å². The lowest BCUT2D eigenvalue weighted by Crippen LogP contribution is -2.36. The van der Waals surface area contributed by atoms with Gasteiger partial charge in [-0.15, -0.1) is 0 Å². The minimum absolute atomic E-state index is 0.120. The Kier molecular flexibility index (Phi) is 8.83. The van der Waals surface area contributed by atoms with Gasteiger partial charge in [0, 0.05) is 34.8 Å². The van der Waals surface area contributed by atoms with Crippen molar-refractivity contribution in [1.29, 1.82) is 0 Å². The average Bonchev–Trinajstić information content (AvgIpc) is 2.94. The van der Waals surface area contributed by atoms with E-state index in [0.717, 1.165) is 24.3 Å². The van der Waals surface area contributed by atoms with Crippen molar-refractivity contribution >= 4 is 32.8 Å². The summed E-state index contributed by atoms with van der Waals surface area (Å²) in [6.45, 7) is 0. The molecule has 5 aliphatic rings. The first-order chi connectivity index (χ1) is 20.6. The van der Waals surface area contributed by atoms with Gasteiger partial charge >= 0.3 is 0 Å². The molecular weight excluding hydrogens is 616 g/mol. The molecule has 8 unspecified atom stereocenters. The van der Waals surface area contributed by atoms with Crippen LogP contribution < -0.4 is 0 Å². The number of allylic oxidation sites excluding steroid dienone is 6. The minimum atomic E-state index is -4.75. The van der Waals surface area contributed by atoms with Crippen LogP contribution in [0.5, 0.6) is 0 Å². The Morgan fingerprint density at radius 3 is 1.05 bits per heavy atom. The van der Waals surface area contributed by atoms with Crippen molar-refractivity contribution in [3.05, 3.63) is 91.9 Å². The van der Waals surface area contributed by atoms with Gasteiger partial charge in [0.05, 0.1) is 34.2 Å². The van der Waals surface area contributed by atoms with Crippen molar-refractivity contribution in [2.45, 2.75) is 50.1 Å². The fourth-order valence-electron chi connectivity index (χ4n) is 6.67. The fraction of sp³-hybridized carbons (Fsp3) is 0.400. The summed E-state index contributed by atoms with van der Waals surface area (Å²) in [7, 11) is -9.49. The molecule has 0 amide bonds.